The van der Waals surface area contributed by atoms with Crippen LogP contribution in [0, 0.1) is 3.57 Å². The summed E-state index contributed by atoms with van der Waals surface area (Å²) in [6.45, 7) is 4.11. The second-order valence-corrected chi connectivity index (χ2v) is 4.15. The number of hydrogen-bond acceptors (Lipinski definition) is 3. The number of nitrogens with one attached hydrogen (secondary N) is 1. The molecule has 0 saturated carbocycles. The summed E-state index contributed by atoms with van der Waals surface area (Å²) in [6.07, 6.45) is 1.43. The van der Waals surface area contributed by atoms with Crippen LogP contribution in [0.1, 0.15) is 13.8 Å². The summed E-state index contributed by atoms with van der Waals surface area (Å²) in [4.78, 5) is 19.9. The molecule has 1 rings (SSSR count). The molecule has 0 saturated heterocycles. The molecule has 0 atom stereocenters. The zero-order chi connectivity index (χ0) is 10.0. The third kappa shape index (κ3) is 2.20. The Balaban J connectivity index is 3.15. The molecule has 0 unspecified atom stereocenters. The van der Waals surface area contributed by atoms with Gasteiger partial charge in [-0.1, -0.05) is 0 Å². The highest BCUT2D eigenvalue weighted by molar-refractivity contribution is 14.1. The quantitative estimate of drug-likeness (QED) is 0.834. The lowest BCUT2D eigenvalue weighted by Gasteiger charge is -2.22. The van der Waals surface area contributed by atoms with Gasteiger partial charge in [0.05, 0.1) is 6.33 Å². The SMILES string of the molecule is CC(C)N(C)c1nc[nH]c(=O)c1I. The molecule has 13 heavy (non-hydrogen) atoms. The smallest absolute Gasteiger partial charge is 0.266 e. The number of halogens is 1. The van der Waals surface area contributed by atoms with Crippen molar-refractivity contribution >= 4 is 28.4 Å². The van der Waals surface area contributed by atoms with Crippen LogP contribution < -0.4 is 10.5 Å². The van der Waals surface area contributed by atoms with Crippen LogP contribution in [0.5, 0.6) is 0 Å². The van der Waals surface area contributed by atoms with E-state index >= 15 is 0 Å². The second kappa shape index (κ2) is 4.08. The van der Waals surface area contributed by atoms with Crippen molar-refractivity contribution < 1.29 is 0 Å². The van der Waals surface area contributed by atoms with Crippen LogP contribution in [0.3, 0.4) is 0 Å². The van der Waals surface area contributed by atoms with Gasteiger partial charge in [0.1, 0.15) is 9.39 Å². The third-order valence-corrected chi connectivity index (χ3v) is 2.86. The minimum absolute atomic E-state index is 0.0851. The highest BCUT2D eigenvalue weighted by Gasteiger charge is 2.11. The predicted octanol–water partition coefficient (Wildman–Crippen LogP) is 1.22. The average Bonchev–Trinajstić information content (AvgIpc) is 2.08. The van der Waals surface area contributed by atoms with Gasteiger partial charge in [0, 0.05) is 13.1 Å². The van der Waals surface area contributed by atoms with Gasteiger partial charge in [-0.3, -0.25) is 4.79 Å². The van der Waals surface area contributed by atoms with Gasteiger partial charge in [0.25, 0.3) is 5.56 Å². The molecule has 5 heteroatoms. The molecule has 0 aliphatic rings. The fourth-order valence-electron chi connectivity index (χ4n) is 0.864. The maximum atomic E-state index is 11.2. The molecule has 1 aromatic rings. The maximum absolute atomic E-state index is 11.2. The van der Waals surface area contributed by atoms with Gasteiger partial charge >= 0.3 is 0 Å². The second-order valence-electron chi connectivity index (χ2n) is 3.07. The fraction of sp³-hybridized carbons (Fsp3) is 0.500. The monoisotopic (exact) mass is 293 g/mol. The van der Waals surface area contributed by atoms with Gasteiger partial charge in [-0.2, -0.15) is 0 Å². The van der Waals surface area contributed by atoms with E-state index in [1.54, 1.807) is 0 Å². The minimum atomic E-state index is -0.0851. The Bertz CT molecular complexity index is 347. The van der Waals surface area contributed by atoms with E-state index in [0.29, 0.717) is 9.61 Å². The van der Waals surface area contributed by atoms with E-state index in [9.17, 15) is 4.79 Å². The maximum Gasteiger partial charge on any atom is 0.266 e. The molecular weight excluding hydrogens is 281 g/mol. The highest BCUT2D eigenvalue weighted by atomic mass is 127. The molecule has 1 heterocycles. The fourth-order valence-corrected chi connectivity index (χ4v) is 1.54. The van der Waals surface area contributed by atoms with E-state index in [1.807, 2.05) is 34.5 Å². The Morgan fingerprint density at radius 1 is 1.62 bits per heavy atom. The van der Waals surface area contributed by atoms with Gasteiger partial charge in [0.2, 0.25) is 0 Å². The van der Waals surface area contributed by atoms with Crippen LogP contribution in [0.2, 0.25) is 0 Å². The standard InChI is InChI=1S/C8H12IN3O/c1-5(2)12(3)7-6(9)8(13)11-4-10-7/h4-5H,1-3H3,(H,10,11,13). The molecular formula is C8H12IN3O. The lowest BCUT2D eigenvalue weighted by atomic mass is 10.3. The van der Waals surface area contributed by atoms with Crippen LogP contribution in [-0.2, 0) is 0 Å². The van der Waals surface area contributed by atoms with Crippen molar-refractivity contribution in [2.75, 3.05) is 11.9 Å². The van der Waals surface area contributed by atoms with Gasteiger partial charge < -0.3 is 9.88 Å². The van der Waals surface area contributed by atoms with E-state index in [-0.39, 0.29) is 5.56 Å². The van der Waals surface area contributed by atoms with Crippen molar-refractivity contribution in [3.8, 4) is 0 Å². The zero-order valence-corrected chi connectivity index (χ0v) is 9.99. The van der Waals surface area contributed by atoms with Crippen molar-refractivity contribution in [3.05, 3.63) is 20.3 Å². The molecule has 72 valence electrons. The molecule has 0 amide bonds. The lowest BCUT2D eigenvalue weighted by Crippen LogP contribution is -2.29. The van der Waals surface area contributed by atoms with Crippen molar-refractivity contribution in [2.24, 2.45) is 0 Å². The van der Waals surface area contributed by atoms with Crippen molar-refractivity contribution in [1.82, 2.24) is 9.97 Å². The number of aromatic amines is 1. The van der Waals surface area contributed by atoms with E-state index in [0.717, 1.165) is 5.82 Å². The molecule has 0 bridgehead atoms. The van der Waals surface area contributed by atoms with Crippen molar-refractivity contribution in [3.63, 3.8) is 0 Å². The Kier molecular flexibility index (Phi) is 3.29. The van der Waals surface area contributed by atoms with Crippen LogP contribution in [0.25, 0.3) is 0 Å². The Labute approximate surface area is 90.5 Å². The first kappa shape index (κ1) is 10.5. The summed E-state index contributed by atoms with van der Waals surface area (Å²) < 4.78 is 0.635. The molecule has 1 aromatic heterocycles. The summed E-state index contributed by atoms with van der Waals surface area (Å²) in [5.74, 6) is 0.736. The molecule has 0 aliphatic heterocycles. The number of H-pyrrole nitrogens is 1. The number of aromatic nitrogens is 2. The molecule has 1 N–H and O–H groups in total. The Morgan fingerprint density at radius 3 is 2.77 bits per heavy atom. The summed E-state index contributed by atoms with van der Waals surface area (Å²) in [5.41, 5.74) is -0.0851. The van der Waals surface area contributed by atoms with Crippen molar-refractivity contribution in [1.29, 1.82) is 0 Å². The molecule has 0 spiro atoms. The number of nitrogens with zero attached hydrogens (tertiary/aromatic N) is 2. The first-order chi connectivity index (χ1) is 6.04. The van der Waals surface area contributed by atoms with Crippen LogP contribution >= 0.6 is 22.6 Å². The summed E-state index contributed by atoms with van der Waals surface area (Å²) in [5, 5.41) is 0. The first-order valence-electron chi connectivity index (χ1n) is 4.00. The van der Waals surface area contributed by atoms with E-state index < -0.39 is 0 Å². The normalized spacial score (nSPS) is 10.5. The number of rotatable bonds is 2. The summed E-state index contributed by atoms with van der Waals surface area (Å²) in [7, 11) is 1.93. The van der Waals surface area contributed by atoms with E-state index in [2.05, 4.69) is 23.8 Å². The van der Waals surface area contributed by atoms with Gasteiger partial charge in [-0.15, -0.1) is 0 Å². The van der Waals surface area contributed by atoms with Crippen molar-refractivity contribution in [2.45, 2.75) is 19.9 Å². The molecule has 4 nitrogen and oxygen atoms in total. The van der Waals surface area contributed by atoms with E-state index in [1.165, 1.54) is 6.33 Å². The molecule has 0 aliphatic carbocycles. The lowest BCUT2D eigenvalue weighted by molar-refractivity contribution is 0.737. The largest absolute Gasteiger partial charge is 0.356 e. The number of anilines is 1. The topological polar surface area (TPSA) is 49.0 Å². The highest BCUT2D eigenvalue weighted by Crippen LogP contribution is 2.15. The minimum Gasteiger partial charge on any atom is -0.356 e. The molecule has 0 fully saturated rings. The van der Waals surface area contributed by atoms with E-state index in [4.69, 9.17) is 0 Å². The van der Waals surface area contributed by atoms with Gasteiger partial charge in [-0.05, 0) is 36.4 Å². The first-order valence-corrected chi connectivity index (χ1v) is 5.08. The van der Waals surface area contributed by atoms with Crippen LogP contribution in [-0.4, -0.2) is 23.1 Å². The molecule has 0 aromatic carbocycles. The van der Waals surface area contributed by atoms with Gasteiger partial charge in [0.15, 0.2) is 0 Å². The van der Waals surface area contributed by atoms with Crippen LogP contribution in [0.15, 0.2) is 11.1 Å². The zero-order valence-electron chi connectivity index (χ0n) is 7.84. The number of hydrogen-bond donors (Lipinski definition) is 1. The third-order valence-electron chi connectivity index (χ3n) is 1.89. The summed E-state index contributed by atoms with van der Waals surface area (Å²) >= 11 is 2.01. The van der Waals surface area contributed by atoms with Gasteiger partial charge in [-0.25, -0.2) is 4.98 Å². The Morgan fingerprint density at radius 2 is 2.23 bits per heavy atom. The Hall–Kier alpha value is -0.590. The summed E-state index contributed by atoms with van der Waals surface area (Å²) in [6, 6.07) is 0.336. The average molecular weight is 293 g/mol. The predicted molar refractivity (Wildman–Crippen MR) is 61.1 cm³/mol. The molecule has 0 radical (unpaired) electrons. The van der Waals surface area contributed by atoms with Crippen LogP contribution in [0.4, 0.5) is 5.82 Å².